The molecule has 0 aromatic carbocycles. The summed E-state index contributed by atoms with van der Waals surface area (Å²) < 4.78 is 77.0. The van der Waals surface area contributed by atoms with Crippen LogP contribution >= 0.6 is 11.8 Å². The van der Waals surface area contributed by atoms with Gasteiger partial charge in [0.1, 0.15) is 17.0 Å². The summed E-state index contributed by atoms with van der Waals surface area (Å²) in [4.78, 5) is 10.4. The number of rotatable bonds is 3. The zero-order valence-electron chi connectivity index (χ0n) is 13.2. The zero-order valence-corrected chi connectivity index (χ0v) is 14.0. The molecule has 0 spiro atoms. The summed E-state index contributed by atoms with van der Waals surface area (Å²) in [6.45, 7) is 1.77. The van der Waals surface area contributed by atoms with Crippen LogP contribution in [0.3, 0.4) is 0 Å². The number of H-pyrrole nitrogens is 1. The summed E-state index contributed by atoms with van der Waals surface area (Å²) in [6, 6.07) is 4.60. The highest BCUT2D eigenvalue weighted by Gasteiger charge is 2.33. The third-order valence-electron chi connectivity index (χ3n) is 3.50. The number of nitrogens with zero attached hydrogens (tertiary/aromatic N) is 2. The Labute approximate surface area is 147 Å². The van der Waals surface area contributed by atoms with Crippen LogP contribution in [0.15, 0.2) is 35.4 Å². The van der Waals surface area contributed by atoms with Crippen molar-refractivity contribution in [2.24, 2.45) is 0 Å². The molecule has 138 valence electrons. The van der Waals surface area contributed by atoms with E-state index in [4.69, 9.17) is 0 Å². The highest BCUT2D eigenvalue weighted by Crippen LogP contribution is 2.37. The van der Waals surface area contributed by atoms with E-state index in [9.17, 15) is 26.3 Å². The standard InChI is InChI=1S/C16H11F6N3S/c1-2-26-11-6-9(15(17,18)19)7-23-13(11)10-5-8-3-4-12(16(20,21)22)25-14(8)24-10/h3-7H,2H2,1H3,(H,24,25). The first-order valence-electron chi connectivity index (χ1n) is 7.37. The van der Waals surface area contributed by atoms with Crippen LogP contribution in [0.5, 0.6) is 0 Å². The van der Waals surface area contributed by atoms with Gasteiger partial charge in [0.25, 0.3) is 0 Å². The number of aromatic amines is 1. The zero-order chi connectivity index (χ0) is 19.1. The molecule has 10 heteroatoms. The lowest BCUT2D eigenvalue weighted by Gasteiger charge is -2.11. The number of aromatic nitrogens is 3. The Bertz CT molecular complexity index is 945. The Balaban J connectivity index is 2.10. The summed E-state index contributed by atoms with van der Waals surface area (Å²) in [5, 5.41) is 0.405. The van der Waals surface area contributed by atoms with Gasteiger partial charge in [-0.3, -0.25) is 4.98 Å². The molecule has 3 heterocycles. The van der Waals surface area contributed by atoms with E-state index in [2.05, 4.69) is 15.0 Å². The van der Waals surface area contributed by atoms with Crippen molar-refractivity contribution in [1.29, 1.82) is 0 Å². The third kappa shape index (κ3) is 3.64. The van der Waals surface area contributed by atoms with Crippen molar-refractivity contribution < 1.29 is 26.3 Å². The van der Waals surface area contributed by atoms with Crippen LogP contribution in [-0.4, -0.2) is 20.7 Å². The number of hydrogen-bond donors (Lipinski definition) is 1. The molecule has 3 aromatic rings. The molecule has 0 bridgehead atoms. The molecule has 1 N–H and O–H groups in total. The first-order valence-corrected chi connectivity index (χ1v) is 8.35. The fourth-order valence-electron chi connectivity index (χ4n) is 2.36. The van der Waals surface area contributed by atoms with Gasteiger partial charge in [0.05, 0.1) is 11.3 Å². The van der Waals surface area contributed by atoms with Crippen LogP contribution in [-0.2, 0) is 12.4 Å². The van der Waals surface area contributed by atoms with E-state index in [0.29, 0.717) is 23.0 Å². The normalized spacial score (nSPS) is 12.7. The maximum atomic E-state index is 12.9. The van der Waals surface area contributed by atoms with Crippen LogP contribution in [0.4, 0.5) is 26.3 Å². The minimum atomic E-state index is -4.59. The molecule has 0 aliphatic carbocycles. The minimum Gasteiger partial charge on any atom is -0.338 e. The van der Waals surface area contributed by atoms with Gasteiger partial charge in [-0.2, -0.15) is 26.3 Å². The second kappa shape index (κ2) is 6.49. The second-order valence-corrected chi connectivity index (χ2v) is 6.62. The summed E-state index contributed by atoms with van der Waals surface area (Å²) in [5.74, 6) is 0.507. The van der Waals surface area contributed by atoms with Gasteiger partial charge in [0, 0.05) is 16.5 Å². The quantitative estimate of drug-likeness (QED) is 0.455. The Morgan fingerprint density at radius 1 is 1.04 bits per heavy atom. The Morgan fingerprint density at radius 2 is 1.77 bits per heavy atom. The Morgan fingerprint density at radius 3 is 2.38 bits per heavy atom. The van der Waals surface area contributed by atoms with Crippen molar-refractivity contribution >= 4 is 22.8 Å². The van der Waals surface area contributed by atoms with Gasteiger partial charge < -0.3 is 4.98 Å². The van der Waals surface area contributed by atoms with Gasteiger partial charge in [-0.15, -0.1) is 11.8 Å². The largest absolute Gasteiger partial charge is 0.433 e. The minimum absolute atomic E-state index is 0.0102. The number of nitrogens with one attached hydrogen (secondary N) is 1. The molecule has 3 aromatic heterocycles. The van der Waals surface area contributed by atoms with Crippen molar-refractivity contribution in [3.63, 3.8) is 0 Å². The summed E-state index contributed by atoms with van der Waals surface area (Å²) in [6.07, 6.45) is -8.41. The van der Waals surface area contributed by atoms with Crippen LogP contribution in [0.25, 0.3) is 22.4 Å². The lowest BCUT2D eigenvalue weighted by molar-refractivity contribution is -0.141. The number of hydrogen-bond acceptors (Lipinski definition) is 3. The van der Waals surface area contributed by atoms with Gasteiger partial charge in [-0.1, -0.05) is 6.92 Å². The van der Waals surface area contributed by atoms with Crippen LogP contribution < -0.4 is 0 Å². The maximum Gasteiger partial charge on any atom is 0.433 e. The van der Waals surface area contributed by atoms with Crippen molar-refractivity contribution in [3.05, 3.63) is 41.7 Å². The molecule has 3 nitrogen and oxygen atoms in total. The molecule has 0 aliphatic heterocycles. The van der Waals surface area contributed by atoms with E-state index in [-0.39, 0.29) is 16.2 Å². The van der Waals surface area contributed by atoms with Gasteiger partial charge in [0.2, 0.25) is 0 Å². The molecule has 0 amide bonds. The highest BCUT2D eigenvalue weighted by molar-refractivity contribution is 7.99. The van der Waals surface area contributed by atoms with Crippen molar-refractivity contribution in [2.45, 2.75) is 24.2 Å². The van der Waals surface area contributed by atoms with Gasteiger partial charge in [-0.25, -0.2) is 4.98 Å². The van der Waals surface area contributed by atoms with E-state index in [1.54, 1.807) is 6.92 Å². The van der Waals surface area contributed by atoms with E-state index < -0.39 is 23.6 Å². The summed E-state index contributed by atoms with van der Waals surface area (Å²) in [7, 11) is 0. The van der Waals surface area contributed by atoms with Crippen molar-refractivity contribution in [2.75, 3.05) is 5.75 Å². The molecule has 0 radical (unpaired) electrons. The second-order valence-electron chi connectivity index (χ2n) is 5.32. The van der Waals surface area contributed by atoms with Crippen LogP contribution in [0.1, 0.15) is 18.2 Å². The molecule has 0 unspecified atom stereocenters. The topological polar surface area (TPSA) is 41.6 Å². The first kappa shape index (κ1) is 18.6. The van der Waals surface area contributed by atoms with E-state index >= 15 is 0 Å². The number of halogens is 6. The molecule has 3 rings (SSSR count). The monoisotopic (exact) mass is 391 g/mol. The van der Waals surface area contributed by atoms with Crippen molar-refractivity contribution in [1.82, 2.24) is 15.0 Å². The van der Waals surface area contributed by atoms with Gasteiger partial charge in [-0.05, 0) is 30.0 Å². The van der Waals surface area contributed by atoms with E-state index in [1.807, 2.05) is 0 Å². The SMILES string of the molecule is CCSc1cc(C(F)(F)F)cnc1-c1cc2ccc(C(F)(F)F)nc2[nH]1. The van der Waals surface area contributed by atoms with Crippen molar-refractivity contribution in [3.8, 4) is 11.4 Å². The molecular formula is C16H11F6N3S. The molecule has 0 aliphatic rings. The highest BCUT2D eigenvalue weighted by atomic mass is 32.2. The molecule has 0 saturated carbocycles. The smallest absolute Gasteiger partial charge is 0.338 e. The number of pyridine rings is 2. The predicted molar refractivity (Wildman–Crippen MR) is 85.7 cm³/mol. The number of thioether (sulfide) groups is 1. The maximum absolute atomic E-state index is 12.9. The van der Waals surface area contributed by atoms with Crippen LogP contribution in [0, 0.1) is 0 Å². The summed E-state index contributed by atoms with van der Waals surface area (Å²) >= 11 is 1.16. The average molecular weight is 391 g/mol. The first-order chi connectivity index (χ1) is 12.1. The fraction of sp³-hybridized carbons (Fsp3) is 0.250. The number of fused-ring (bicyclic) bond motifs is 1. The fourth-order valence-corrected chi connectivity index (χ4v) is 3.18. The number of alkyl halides is 6. The molecular weight excluding hydrogens is 380 g/mol. The van der Waals surface area contributed by atoms with E-state index in [1.165, 1.54) is 12.1 Å². The lowest BCUT2D eigenvalue weighted by Crippen LogP contribution is -2.07. The predicted octanol–water partition coefficient (Wildman–Crippen LogP) is 5.77. The van der Waals surface area contributed by atoms with Gasteiger partial charge in [0.15, 0.2) is 0 Å². The molecule has 0 atom stereocenters. The van der Waals surface area contributed by atoms with E-state index in [0.717, 1.165) is 23.9 Å². The van der Waals surface area contributed by atoms with Gasteiger partial charge >= 0.3 is 12.4 Å². The Hall–Kier alpha value is -2.23. The van der Waals surface area contributed by atoms with Crippen LogP contribution in [0.2, 0.25) is 0 Å². The lowest BCUT2D eigenvalue weighted by atomic mass is 10.2. The molecule has 0 saturated heterocycles. The molecule has 0 fully saturated rings. The third-order valence-corrected chi connectivity index (χ3v) is 4.42. The summed E-state index contributed by atoms with van der Waals surface area (Å²) in [5.41, 5.74) is -1.41. The Kier molecular flexibility index (Phi) is 4.63. The molecule has 26 heavy (non-hydrogen) atoms. The average Bonchev–Trinajstić information content (AvgIpc) is 2.96.